The van der Waals surface area contributed by atoms with E-state index in [0.29, 0.717) is 32.7 Å². The van der Waals surface area contributed by atoms with Gasteiger partial charge in [-0.1, -0.05) is 12.8 Å². The zero-order chi connectivity index (χ0) is 29.5. The fraction of sp³-hybridized carbons (Fsp3) is 0.600. The van der Waals surface area contributed by atoms with Crippen molar-refractivity contribution in [3.63, 3.8) is 0 Å². The van der Waals surface area contributed by atoms with Gasteiger partial charge in [0, 0.05) is 32.8 Å². The number of allylic oxidation sites excluding steroid dienone is 4. The van der Waals surface area contributed by atoms with E-state index in [4.69, 9.17) is 18.9 Å². The number of hydrogen-bond acceptors (Lipinski definition) is 11. The van der Waals surface area contributed by atoms with E-state index in [9.17, 15) is 25.2 Å². The van der Waals surface area contributed by atoms with Crippen LogP contribution in [0.5, 0.6) is 0 Å². The molecule has 2 aliphatic rings. The molecule has 11 heteroatoms. The quantitative estimate of drug-likeness (QED) is 0.0906. The van der Waals surface area contributed by atoms with E-state index in [2.05, 4.69) is 4.90 Å². The summed E-state index contributed by atoms with van der Waals surface area (Å²) in [5, 5.41) is 28.5. The van der Waals surface area contributed by atoms with E-state index in [0.717, 1.165) is 51.9 Å². The number of nitriles is 2. The number of carbonyl (C=O) groups is 2. The minimum atomic E-state index is -0.811. The van der Waals surface area contributed by atoms with Crippen LogP contribution in [0.2, 0.25) is 0 Å². The number of rotatable bonds is 17. The Morgan fingerprint density at radius 2 is 1.41 bits per heavy atom. The summed E-state index contributed by atoms with van der Waals surface area (Å²) in [4.78, 5) is 28.4. The van der Waals surface area contributed by atoms with Gasteiger partial charge >= 0.3 is 11.9 Å². The molecule has 0 aliphatic carbocycles. The number of nitrogens with zero attached hydrogens (tertiary/aromatic N) is 4. The van der Waals surface area contributed by atoms with Gasteiger partial charge in [-0.2, -0.15) is 10.5 Å². The summed E-state index contributed by atoms with van der Waals surface area (Å²) in [7, 11) is 0. The molecule has 2 saturated heterocycles. The van der Waals surface area contributed by atoms with Crippen LogP contribution in [0.3, 0.4) is 0 Å². The monoisotopic (exact) mass is 570 g/mol. The number of esters is 2. The average molecular weight is 571 g/mol. The third-order valence-corrected chi connectivity index (χ3v) is 6.43. The van der Waals surface area contributed by atoms with Crippen LogP contribution in [0.4, 0.5) is 0 Å². The van der Waals surface area contributed by atoms with Crippen molar-refractivity contribution in [2.24, 2.45) is 0 Å². The van der Waals surface area contributed by atoms with Crippen molar-refractivity contribution < 1.29 is 33.6 Å². The van der Waals surface area contributed by atoms with Crippen LogP contribution in [-0.2, 0) is 28.5 Å². The van der Waals surface area contributed by atoms with Gasteiger partial charge in [0.2, 0.25) is 0 Å². The molecule has 2 aliphatic heterocycles. The van der Waals surface area contributed by atoms with E-state index in [1.54, 1.807) is 12.2 Å². The summed E-state index contributed by atoms with van der Waals surface area (Å²) < 4.78 is 20.9. The highest BCUT2D eigenvalue weighted by Gasteiger charge is 2.13. The topological polar surface area (TPSA) is 145 Å². The number of piperidine rings is 1. The Labute approximate surface area is 242 Å². The van der Waals surface area contributed by atoms with Crippen molar-refractivity contribution in [3.8, 4) is 12.1 Å². The predicted molar refractivity (Wildman–Crippen MR) is 151 cm³/mol. The second-order valence-electron chi connectivity index (χ2n) is 9.66. The van der Waals surface area contributed by atoms with Gasteiger partial charge in [0.05, 0.1) is 25.9 Å². The van der Waals surface area contributed by atoms with E-state index in [1.807, 2.05) is 29.4 Å². The fourth-order valence-corrected chi connectivity index (χ4v) is 4.08. The number of likely N-dealkylation sites (tertiary alicyclic amines) is 1. The van der Waals surface area contributed by atoms with Gasteiger partial charge < -0.3 is 33.9 Å². The van der Waals surface area contributed by atoms with E-state index < -0.39 is 18.0 Å². The van der Waals surface area contributed by atoms with Crippen LogP contribution in [0.15, 0.2) is 47.9 Å². The van der Waals surface area contributed by atoms with Crippen LogP contribution in [0.1, 0.15) is 44.9 Å². The summed E-state index contributed by atoms with van der Waals surface area (Å²) >= 11 is 0. The number of carbonyl (C=O) groups excluding carboxylic acids is 2. The summed E-state index contributed by atoms with van der Waals surface area (Å²) in [6.07, 6.45) is 15.3. The third kappa shape index (κ3) is 15.1. The molecular formula is C30H42N4O7. The number of aliphatic hydroxyl groups is 1. The van der Waals surface area contributed by atoms with Crippen molar-refractivity contribution in [1.82, 2.24) is 9.80 Å². The van der Waals surface area contributed by atoms with Gasteiger partial charge in [-0.25, -0.2) is 9.59 Å². The Kier molecular flexibility index (Phi) is 17.3. The standard InChI is InChI=1S/C30H42N4O7/c31-23-26(9-8-15-34-16-19-39-20-17-34)29(36)40-22-21-38-18-6-1-3-11-28(35)25-41-30(37)27(24-32)10-7-14-33-12-4-2-5-13-33/h7-10,14-15,28,35H,1-6,11-13,16-22,25H2. The van der Waals surface area contributed by atoms with Gasteiger partial charge in [-0.3, -0.25) is 0 Å². The normalized spacial score (nSPS) is 17.3. The molecule has 1 N–H and O–H groups in total. The second-order valence-corrected chi connectivity index (χ2v) is 9.66. The molecular weight excluding hydrogens is 528 g/mol. The molecule has 0 bridgehead atoms. The first-order chi connectivity index (χ1) is 20.0. The van der Waals surface area contributed by atoms with Gasteiger partial charge in [0.15, 0.2) is 0 Å². The lowest BCUT2D eigenvalue weighted by Gasteiger charge is -2.24. The molecule has 0 aromatic carbocycles. The Hall–Kier alpha value is -3.64. The minimum absolute atomic E-state index is 0.0439. The molecule has 0 aromatic heterocycles. The first-order valence-electron chi connectivity index (χ1n) is 14.3. The van der Waals surface area contributed by atoms with Crippen molar-refractivity contribution in [3.05, 3.63) is 47.9 Å². The second kappa shape index (κ2) is 21.2. The number of ether oxygens (including phenoxy) is 4. The number of unbranched alkanes of at least 4 members (excludes halogenated alkanes) is 2. The molecule has 1 atom stereocenters. The highest BCUT2D eigenvalue weighted by Crippen LogP contribution is 2.10. The van der Waals surface area contributed by atoms with Crippen molar-refractivity contribution in [2.45, 2.75) is 51.0 Å². The first-order valence-corrected chi connectivity index (χ1v) is 14.3. The molecule has 0 amide bonds. The molecule has 224 valence electrons. The average Bonchev–Trinajstić information content (AvgIpc) is 3.00. The Balaban J connectivity index is 1.49. The number of aliphatic hydroxyl groups excluding tert-OH is 1. The molecule has 0 spiro atoms. The van der Waals surface area contributed by atoms with Gasteiger partial charge in [0.1, 0.15) is 36.5 Å². The zero-order valence-electron chi connectivity index (χ0n) is 23.7. The lowest BCUT2D eigenvalue weighted by atomic mass is 10.1. The Morgan fingerprint density at radius 3 is 2.05 bits per heavy atom. The third-order valence-electron chi connectivity index (χ3n) is 6.43. The molecule has 0 saturated carbocycles. The lowest BCUT2D eigenvalue weighted by molar-refractivity contribution is -0.142. The molecule has 11 nitrogen and oxygen atoms in total. The number of morpholine rings is 1. The van der Waals surface area contributed by atoms with Crippen molar-refractivity contribution in [1.29, 1.82) is 10.5 Å². The van der Waals surface area contributed by atoms with Gasteiger partial charge in [-0.05, 0) is 68.8 Å². The molecule has 41 heavy (non-hydrogen) atoms. The van der Waals surface area contributed by atoms with Crippen molar-refractivity contribution in [2.75, 3.05) is 65.8 Å². The van der Waals surface area contributed by atoms with Crippen molar-refractivity contribution >= 4 is 11.9 Å². The summed E-state index contributed by atoms with van der Waals surface area (Å²) in [6, 6.07) is 3.70. The summed E-state index contributed by atoms with van der Waals surface area (Å²) in [5.41, 5.74) is -0.183. The maximum Gasteiger partial charge on any atom is 0.348 e. The van der Waals surface area contributed by atoms with E-state index in [1.165, 1.54) is 18.6 Å². The predicted octanol–water partition coefficient (Wildman–Crippen LogP) is 2.76. The summed E-state index contributed by atoms with van der Waals surface area (Å²) in [6.45, 7) is 5.35. The maximum atomic E-state index is 12.1. The highest BCUT2D eigenvalue weighted by molar-refractivity contribution is 5.93. The molecule has 2 fully saturated rings. The smallest absolute Gasteiger partial charge is 0.348 e. The first kappa shape index (κ1) is 33.6. The lowest BCUT2D eigenvalue weighted by Crippen LogP contribution is -2.31. The molecule has 1 unspecified atom stereocenters. The molecule has 0 aromatic rings. The van der Waals surface area contributed by atoms with Crippen LogP contribution in [0.25, 0.3) is 0 Å². The Bertz CT molecular complexity index is 997. The van der Waals surface area contributed by atoms with Crippen LogP contribution < -0.4 is 0 Å². The fourth-order valence-electron chi connectivity index (χ4n) is 4.08. The van der Waals surface area contributed by atoms with Crippen LogP contribution in [-0.4, -0.2) is 98.8 Å². The molecule has 2 rings (SSSR count). The van der Waals surface area contributed by atoms with E-state index >= 15 is 0 Å². The minimum Gasteiger partial charge on any atom is -0.459 e. The zero-order valence-corrected chi connectivity index (χ0v) is 23.7. The van der Waals surface area contributed by atoms with Crippen LogP contribution >= 0.6 is 0 Å². The number of hydrogen-bond donors (Lipinski definition) is 1. The summed E-state index contributed by atoms with van der Waals surface area (Å²) in [5.74, 6) is -1.44. The van der Waals surface area contributed by atoms with Gasteiger partial charge in [-0.15, -0.1) is 0 Å². The van der Waals surface area contributed by atoms with E-state index in [-0.39, 0.29) is 31.0 Å². The SMILES string of the molecule is N#CC(=CC=CN1CCOCC1)C(=O)OCCOCCCCCC(O)COC(=O)C(C#N)=CC=CN1CCCCC1. The molecule has 2 heterocycles. The molecule has 0 radical (unpaired) electrons. The Morgan fingerprint density at radius 1 is 0.805 bits per heavy atom. The maximum absolute atomic E-state index is 12.1. The largest absolute Gasteiger partial charge is 0.459 e. The highest BCUT2D eigenvalue weighted by atomic mass is 16.6. The van der Waals surface area contributed by atoms with Crippen LogP contribution in [0, 0.1) is 22.7 Å². The van der Waals surface area contributed by atoms with Gasteiger partial charge in [0.25, 0.3) is 0 Å².